The number of hydrogen-bond donors (Lipinski definition) is 1. The Morgan fingerprint density at radius 2 is 1.27 bits per heavy atom. The summed E-state index contributed by atoms with van der Waals surface area (Å²) in [6.45, 7) is 1.43. The lowest BCUT2D eigenvalue weighted by atomic mass is 10.0. The predicted molar refractivity (Wildman–Crippen MR) is 53.2 cm³/mol. The van der Waals surface area contributed by atoms with Gasteiger partial charge in [0.2, 0.25) is 0 Å². The highest BCUT2D eigenvalue weighted by atomic mass is 32.1. The summed E-state index contributed by atoms with van der Waals surface area (Å²) in [5.74, 6) is -5.08. The van der Waals surface area contributed by atoms with E-state index in [9.17, 15) is 17.6 Å². The van der Waals surface area contributed by atoms with Crippen molar-refractivity contribution in [3.8, 4) is 0 Å². The molecule has 0 unspecified atom stereocenters. The lowest BCUT2D eigenvalue weighted by molar-refractivity contribution is 0.428. The first kappa shape index (κ1) is 12.4. The fraction of sp³-hybridized carbons (Fsp3) is 0.400. The summed E-state index contributed by atoms with van der Waals surface area (Å²) in [6, 6.07) is 0. The Balaban J connectivity index is 3.44. The summed E-state index contributed by atoms with van der Waals surface area (Å²) in [5, 5.41) is 0. The van der Waals surface area contributed by atoms with Gasteiger partial charge in [0, 0.05) is 11.1 Å². The zero-order valence-electron chi connectivity index (χ0n) is 8.08. The first-order valence-corrected chi connectivity index (χ1v) is 5.12. The van der Waals surface area contributed by atoms with E-state index in [1.54, 1.807) is 0 Å². The molecule has 0 radical (unpaired) electrons. The van der Waals surface area contributed by atoms with Crippen molar-refractivity contribution in [2.24, 2.45) is 0 Å². The van der Waals surface area contributed by atoms with Crippen molar-refractivity contribution in [3.63, 3.8) is 0 Å². The fourth-order valence-corrected chi connectivity index (χ4v) is 1.59. The minimum Gasteiger partial charge on any atom is -0.203 e. The van der Waals surface area contributed by atoms with Gasteiger partial charge in [-0.05, 0) is 18.6 Å². The molecule has 0 heterocycles. The van der Waals surface area contributed by atoms with E-state index in [-0.39, 0.29) is 18.6 Å². The van der Waals surface area contributed by atoms with Crippen molar-refractivity contribution in [3.05, 3.63) is 34.4 Å². The van der Waals surface area contributed by atoms with Crippen LogP contribution in [-0.4, -0.2) is 5.75 Å². The lowest BCUT2D eigenvalue weighted by Gasteiger charge is -2.09. The first-order chi connectivity index (χ1) is 7.04. The Morgan fingerprint density at radius 1 is 0.867 bits per heavy atom. The molecule has 15 heavy (non-hydrogen) atoms. The maximum Gasteiger partial charge on any atom is 0.165 e. The Morgan fingerprint density at radius 3 is 1.60 bits per heavy atom. The Labute approximate surface area is 90.7 Å². The van der Waals surface area contributed by atoms with Gasteiger partial charge in [0.1, 0.15) is 0 Å². The van der Waals surface area contributed by atoms with E-state index >= 15 is 0 Å². The van der Waals surface area contributed by atoms with Crippen molar-refractivity contribution >= 4 is 12.6 Å². The third-order valence-electron chi connectivity index (χ3n) is 2.16. The molecule has 0 saturated heterocycles. The van der Waals surface area contributed by atoms with E-state index < -0.39 is 34.4 Å². The third kappa shape index (κ3) is 2.12. The highest BCUT2D eigenvalue weighted by molar-refractivity contribution is 7.80. The molecule has 1 rings (SSSR count). The van der Waals surface area contributed by atoms with Gasteiger partial charge < -0.3 is 0 Å². The Hall–Kier alpha value is -0.710. The van der Waals surface area contributed by atoms with E-state index in [0.717, 1.165) is 0 Å². The minimum atomic E-state index is -1.31. The molecule has 1 aromatic rings. The van der Waals surface area contributed by atoms with Crippen LogP contribution in [0.1, 0.15) is 18.1 Å². The Bertz CT molecular complexity index is 347. The van der Waals surface area contributed by atoms with Gasteiger partial charge in [-0.2, -0.15) is 12.6 Å². The van der Waals surface area contributed by atoms with E-state index in [0.29, 0.717) is 0 Å². The number of rotatable bonds is 3. The topological polar surface area (TPSA) is 0 Å². The van der Waals surface area contributed by atoms with Crippen LogP contribution in [0.25, 0.3) is 0 Å². The summed E-state index contributed by atoms with van der Waals surface area (Å²) >= 11 is 3.77. The molecule has 0 aliphatic carbocycles. The molecule has 0 amide bonds. The van der Waals surface area contributed by atoms with Crippen LogP contribution in [0, 0.1) is 23.3 Å². The summed E-state index contributed by atoms with van der Waals surface area (Å²) in [7, 11) is 0. The fourth-order valence-electron chi connectivity index (χ4n) is 1.36. The number of thiol groups is 1. The zero-order chi connectivity index (χ0) is 11.6. The van der Waals surface area contributed by atoms with Crippen molar-refractivity contribution in [1.29, 1.82) is 0 Å². The number of hydrogen-bond acceptors (Lipinski definition) is 1. The van der Waals surface area contributed by atoms with Crippen LogP contribution >= 0.6 is 12.6 Å². The molecule has 0 fully saturated rings. The predicted octanol–water partition coefficient (Wildman–Crippen LogP) is 3.28. The van der Waals surface area contributed by atoms with Crippen LogP contribution in [0.2, 0.25) is 0 Å². The quantitative estimate of drug-likeness (QED) is 0.466. The second-order valence-electron chi connectivity index (χ2n) is 3.04. The van der Waals surface area contributed by atoms with Gasteiger partial charge >= 0.3 is 0 Å². The maximum atomic E-state index is 13.3. The first-order valence-electron chi connectivity index (χ1n) is 4.49. The molecule has 0 spiro atoms. The molecule has 0 aliphatic rings. The van der Waals surface area contributed by atoms with Gasteiger partial charge in [0.25, 0.3) is 0 Å². The molecule has 0 N–H and O–H groups in total. The smallest absolute Gasteiger partial charge is 0.165 e. The summed E-state index contributed by atoms with van der Waals surface area (Å²) in [5.41, 5.74) is -1.12. The van der Waals surface area contributed by atoms with Crippen molar-refractivity contribution in [2.45, 2.75) is 19.8 Å². The maximum absolute atomic E-state index is 13.3. The van der Waals surface area contributed by atoms with Gasteiger partial charge in [-0.1, -0.05) is 6.92 Å². The minimum absolute atomic E-state index is 0.0906. The normalized spacial score (nSPS) is 10.8. The van der Waals surface area contributed by atoms with Crippen molar-refractivity contribution in [2.75, 3.05) is 5.75 Å². The van der Waals surface area contributed by atoms with Crippen LogP contribution in [0.4, 0.5) is 17.6 Å². The second-order valence-corrected chi connectivity index (χ2v) is 3.49. The molecule has 84 valence electrons. The van der Waals surface area contributed by atoms with E-state index in [1.807, 2.05) is 0 Å². The molecule has 1 aromatic carbocycles. The van der Waals surface area contributed by atoms with Crippen LogP contribution in [-0.2, 0) is 12.8 Å². The van der Waals surface area contributed by atoms with Gasteiger partial charge in [-0.15, -0.1) is 0 Å². The van der Waals surface area contributed by atoms with Crippen LogP contribution in [0.15, 0.2) is 0 Å². The van der Waals surface area contributed by atoms with Crippen molar-refractivity contribution < 1.29 is 17.6 Å². The number of benzene rings is 1. The summed E-state index contributed by atoms with van der Waals surface area (Å²) < 4.78 is 53.0. The SMILES string of the molecule is CCc1c(F)c(F)c(CCS)c(F)c1F. The molecule has 0 atom stereocenters. The van der Waals surface area contributed by atoms with Crippen molar-refractivity contribution in [1.82, 2.24) is 0 Å². The average molecular weight is 238 g/mol. The molecule has 0 saturated carbocycles. The van der Waals surface area contributed by atoms with Gasteiger partial charge in [0.15, 0.2) is 23.3 Å². The van der Waals surface area contributed by atoms with Crippen LogP contribution in [0.5, 0.6) is 0 Å². The van der Waals surface area contributed by atoms with E-state index in [2.05, 4.69) is 12.6 Å². The average Bonchev–Trinajstić information content (AvgIpc) is 2.23. The largest absolute Gasteiger partial charge is 0.203 e. The molecule has 0 bridgehead atoms. The second kappa shape index (κ2) is 4.88. The van der Waals surface area contributed by atoms with E-state index in [4.69, 9.17) is 0 Å². The molecule has 0 aromatic heterocycles. The summed E-state index contributed by atoms with van der Waals surface area (Å²) in [6.07, 6.45) is -0.231. The van der Waals surface area contributed by atoms with Crippen LogP contribution in [0.3, 0.4) is 0 Å². The summed E-state index contributed by atoms with van der Waals surface area (Å²) in [4.78, 5) is 0. The standard InChI is InChI=1S/C10H10F4S/c1-2-5-7(11)9(13)6(3-4-15)10(14)8(5)12/h15H,2-4H2,1H3. The van der Waals surface area contributed by atoms with Gasteiger partial charge in [-0.25, -0.2) is 17.6 Å². The van der Waals surface area contributed by atoms with Crippen LogP contribution < -0.4 is 0 Å². The molecular formula is C10H10F4S. The molecule has 5 heteroatoms. The van der Waals surface area contributed by atoms with Gasteiger partial charge in [-0.3, -0.25) is 0 Å². The highest BCUT2D eigenvalue weighted by Crippen LogP contribution is 2.25. The van der Waals surface area contributed by atoms with Gasteiger partial charge in [0.05, 0.1) is 0 Å². The third-order valence-corrected chi connectivity index (χ3v) is 2.38. The lowest BCUT2D eigenvalue weighted by Crippen LogP contribution is -2.08. The Kier molecular flexibility index (Phi) is 4.02. The highest BCUT2D eigenvalue weighted by Gasteiger charge is 2.23. The molecule has 0 aliphatic heterocycles. The molecule has 0 nitrogen and oxygen atoms in total. The van der Waals surface area contributed by atoms with E-state index in [1.165, 1.54) is 6.92 Å². The number of halogens is 4. The zero-order valence-corrected chi connectivity index (χ0v) is 8.97. The molecular weight excluding hydrogens is 228 g/mol. The monoisotopic (exact) mass is 238 g/mol.